The summed E-state index contributed by atoms with van der Waals surface area (Å²) in [6.45, 7) is 6.85. The normalized spacial score (nSPS) is 21.2. The van der Waals surface area contributed by atoms with Crippen LogP contribution in [0.25, 0.3) is 0 Å². The van der Waals surface area contributed by atoms with Gasteiger partial charge in [-0.05, 0) is 13.8 Å². The number of hydrogen-bond acceptors (Lipinski definition) is 4. The molecule has 102 valence electrons. The minimum atomic E-state index is -2.87. The first-order valence-corrected chi connectivity index (χ1v) is 6.16. The maximum atomic E-state index is 13.9. The van der Waals surface area contributed by atoms with Crippen LogP contribution in [-0.4, -0.2) is 68.6 Å². The van der Waals surface area contributed by atoms with Crippen LogP contribution in [0.4, 0.5) is 8.78 Å². The molecule has 1 aliphatic heterocycles. The van der Waals surface area contributed by atoms with Crippen molar-refractivity contribution in [3.8, 4) is 0 Å². The molecule has 0 amide bonds. The molecular formula is C11H22F2N2O2. The molecule has 0 spiro atoms. The number of hydrogen-bond donors (Lipinski definition) is 0. The Balaban J connectivity index is 2.34. The van der Waals surface area contributed by atoms with Crippen LogP contribution in [0.5, 0.6) is 0 Å². The second kappa shape index (κ2) is 7.20. The first-order valence-electron chi connectivity index (χ1n) is 6.16. The van der Waals surface area contributed by atoms with Crippen molar-refractivity contribution in [3.63, 3.8) is 0 Å². The molecular weight excluding hydrogens is 230 g/mol. The van der Waals surface area contributed by atoms with Crippen LogP contribution in [0.1, 0.15) is 13.8 Å². The minimum absolute atomic E-state index is 0.270. The standard InChI is InChI=1S/C11H22F2N2O2/c1-3-16-9-7-14-5-6-15(11(14,12)13)8-10-17-4-2/h3-10H2,1-2H3. The summed E-state index contributed by atoms with van der Waals surface area (Å²) < 4.78 is 37.9. The first kappa shape index (κ1) is 14.8. The molecule has 1 heterocycles. The average molecular weight is 252 g/mol. The van der Waals surface area contributed by atoms with E-state index in [2.05, 4.69) is 0 Å². The zero-order valence-corrected chi connectivity index (χ0v) is 10.6. The second-order valence-corrected chi connectivity index (χ2v) is 3.88. The monoisotopic (exact) mass is 252 g/mol. The van der Waals surface area contributed by atoms with Gasteiger partial charge in [-0.2, -0.15) is 8.78 Å². The smallest absolute Gasteiger partial charge is 0.369 e. The Labute approximate surface area is 101 Å². The molecule has 0 saturated carbocycles. The zero-order valence-electron chi connectivity index (χ0n) is 10.6. The predicted molar refractivity (Wildman–Crippen MR) is 61.1 cm³/mol. The molecule has 1 saturated heterocycles. The van der Waals surface area contributed by atoms with Crippen LogP contribution in [0, 0.1) is 0 Å². The van der Waals surface area contributed by atoms with E-state index in [1.165, 1.54) is 0 Å². The molecule has 0 aliphatic carbocycles. The fraction of sp³-hybridized carbons (Fsp3) is 1.00. The molecule has 17 heavy (non-hydrogen) atoms. The van der Waals surface area contributed by atoms with Crippen LogP contribution in [0.2, 0.25) is 0 Å². The van der Waals surface area contributed by atoms with Gasteiger partial charge >= 0.3 is 6.17 Å². The van der Waals surface area contributed by atoms with E-state index < -0.39 is 6.17 Å². The van der Waals surface area contributed by atoms with Gasteiger partial charge in [-0.3, -0.25) is 0 Å². The first-order chi connectivity index (χ1) is 8.12. The summed E-state index contributed by atoms with van der Waals surface area (Å²) in [4.78, 5) is 2.32. The predicted octanol–water partition coefficient (Wildman–Crippen LogP) is 1.23. The molecule has 0 aromatic rings. The van der Waals surface area contributed by atoms with Crippen molar-refractivity contribution in [1.82, 2.24) is 9.80 Å². The summed E-state index contributed by atoms with van der Waals surface area (Å²) >= 11 is 0. The van der Waals surface area contributed by atoms with Crippen LogP contribution in [0.15, 0.2) is 0 Å². The Hall–Kier alpha value is -0.300. The van der Waals surface area contributed by atoms with Gasteiger partial charge in [0.25, 0.3) is 0 Å². The molecule has 0 N–H and O–H groups in total. The van der Waals surface area contributed by atoms with E-state index in [9.17, 15) is 8.78 Å². The molecule has 4 nitrogen and oxygen atoms in total. The molecule has 0 radical (unpaired) electrons. The highest BCUT2D eigenvalue weighted by atomic mass is 19.3. The van der Waals surface area contributed by atoms with Crippen molar-refractivity contribution in [2.75, 3.05) is 52.6 Å². The van der Waals surface area contributed by atoms with Gasteiger partial charge in [0.2, 0.25) is 0 Å². The maximum Gasteiger partial charge on any atom is 0.369 e. The van der Waals surface area contributed by atoms with E-state index in [4.69, 9.17) is 9.47 Å². The van der Waals surface area contributed by atoms with Gasteiger partial charge < -0.3 is 9.47 Å². The van der Waals surface area contributed by atoms with Gasteiger partial charge in [0.15, 0.2) is 0 Å². The van der Waals surface area contributed by atoms with Gasteiger partial charge in [-0.1, -0.05) is 0 Å². The minimum Gasteiger partial charge on any atom is -0.380 e. The summed E-state index contributed by atoms with van der Waals surface area (Å²) in [7, 11) is 0. The number of halogens is 2. The highest BCUT2D eigenvalue weighted by Gasteiger charge is 2.48. The Morgan fingerprint density at radius 1 is 0.941 bits per heavy atom. The lowest BCUT2D eigenvalue weighted by Gasteiger charge is -2.29. The van der Waals surface area contributed by atoms with Crippen molar-refractivity contribution < 1.29 is 18.3 Å². The van der Waals surface area contributed by atoms with E-state index in [0.29, 0.717) is 39.5 Å². The van der Waals surface area contributed by atoms with Gasteiger partial charge in [0.05, 0.1) is 13.2 Å². The van der Waals surface area contributed by atoms with Crippen molar-refractivity contribution >= 4 is 0 Å². The molecule has 1 aliphatic rings. The molecule has 0 atom stereocenters. The lowest BCUT2D eigenvalue weighted by Crippen LogP contribution is -2.48. The Morgan fingerprint density at radius 2 is 1.35 bits per heavy atom. The van der Waals surface area contributed by atoms with Gasteiger partial charge in [0.1, 0.15) is 0 Å². The Morgan fingerprint density at radius 3 is 1.71 bits per heavy atom. The number of alkyl halides is 2. The molecule has 1 fully saturated rings. The molecule has 0 bridgehead atoms. The molecule has 0 aromatic heterocycles. The van der Waals surface area contributed by atoms with Gasteiger partial charge in [0, 0.05) is 39.4 Å². The van der Waals surface area contributed by atoms with Crippen LogP contribution in [-0.2, 0) is 9.47 Å². The SMILES string of the molecule is CCOCCN1CCN(CCOCC)C1(F)F. The third-order valence-electron chi connectivity index (χ3n) is 2.82. The molecule has 1 rings (SSSR count). The summed E-state index contributed by atoms with van der Waals surface area (Å²) in [6.07, 6.45) is -2.87. The molecule has 0 unspecified atom stereocenters. The lowest BCUT2D eigenvalue weighted by molar-refractivity contribution is -0.214. The highest BCUT2D eigenvalue weighted by Crippen LogP contribution is 2.29. The van der Waals surface area contributed by atoms with Crippen LogP contribution >= 0.6 is 0 Å². The van der Waals surface area contributed by atoms with E-state index in [1.807, 2.05) is 13.8 Å². The summed E-state index contributed by atoms with van der Waals surface area (Å²) in [6, 6.07) is 0. The summed E-state index contributed by atoms with van der Waals surface area (Å²) in [5.74, 6) is 0. The Bertz CT molecular complexity index is 198. The fourth-order valence-corrected chi connectivity index (χ4v) is 1.84. The number of rotatable bonds is 8. The second-order valence-electron chi connectivity index (χ2n) is 3.88. The van der Waals surface area contributed by atoms with Crippen LogP contribution in [0.3, 0.4) is 0 Å². The van der Waals surface area contributed by atoms with E-state index in [-0.39, 0.29) is 13.1 Å². The third-order valence-corrected chi connectivity index (χ3v) is 2.82. The number of nitrogens with zero attached hydrogens (tertiary/aromatic N) is 2. The molecule has 0 aromatic carbocycles. The summed E-state index contributed by atoms with van der Waals surface area (Å²) in [5.41, 5.74) is 0. The van der Waals surface area contributed by atoms with Gasteiger partial charge in [-0.15, -0.1) is 0 Å². The fourth-order valence-electron chi connectivity index (χ4n) is 1.84. The van der Waals surface area contributed by atoms with Crippen molar-refractivity contribution in [2.45, 2.75) is 20.0 Å². The average Bonchev–Trinajstić information content (AvgIpc) is 2.56. The van der Waals surface area contributed by atoms with Crippen molar-refractivity contribution in [2.24, 2.45) is 0 Å². The van der Waals surface area contributed by atoms with Crippen molar-refractivity contribution in [1.29, 1.82) is 0 Å². The summed E-state index contributed by atoms with van der Waals surface area (Å²) in [5, 5.41) is 0. The van der Waals surface area contributed by atoms with E-state index >= 15 is 0 Å². The highest BCUT2D eigenvalue weighted by molar-refractivity contribution is 4.80. The largest absolute Gasteiger partial charge is 0.380 e. The molecule has 6 heteroatoms. The van der Waals surface area contributed by atoms with Gasteiger partial charge in [-0.25, -0.2) is 9.80 Å². The Kier molecular flexibility index (Phi) is 6.26. The van der Waals surface area contributed by atoms with Crippen LogP contribution < -0.4 is 0 Å². The lowest BCUT2D eigenvalue weighted by atomic mass is 10.5. The maximum absolute atomic E-state index is 13.9. The zero-order chi connectivity index (χ0) is 12.7. The van der Waals surface area contributed by atoms with E-state index in [1.54, 1.807) is 0 Å². The topological polar surface area (TPSA) is 24.9 Å². The number of ether oxygens (including phenoxy) is 2. The van der Waals surface area contributed by atoms with Crippen molar-refractivity contribution in [3.05, 3.63) is 0 Å². The quantitative estimate of drug-likeness (QED) is 0.479. The van der Waals surface area contributed by atoms with E-state index in [0.717, 1.165) is 9.80 Å². The third kappa shape index (κ3) is 4.13.